The highest BCUT2D eigenvalue weighted by Gasteiger charge is 2.40. The van der Waals surface area contributed by atoms with Crippen LogP contribution in [0, 0.1) is 0 Å². The second-order valence-electron chi connectivity index (χ2n) is 6.20. The van der Waals surface area contributed by atoms with E-state index in [4.69, 9.17) is 4.74 Å². The van der Waals surface area contributed by atoms with Crippen LogP contribution >= 0.6 is 15.9 Å². The second-order valence-corrected chi connectivity index (χ2v) is 7.01. The maximum atomic E-state index is 12.4. The molecule has 0 spiro atoms. The molecule has 1 aromatic heterocycles. The summed E-state index contributed by atoms with van der Waals surface area (Å²) in [6.07, 6.45) is -0.704. The van der Waals surface area contributed by atoms with Crippen molar-refractivity contribution in [2.75, 3.05) is 11.9 Å². The average molecular weight is 384 g/mol. The molecule has 1 fully saturated rings. The number of hydrogen-bond acceptors (Lipinski definition) is 5. The van der Waals surface area contributed by atoms with Crippen molar-refractivity contribution in [3.05, 3.63) is 22.8 Å². The van der Waals surface area contributed by atoms with E-state index >= 15 is 0 Å². The van der Waals surface area contributed by atoms with Crippen molar-refractivity contribution < 1.29 is 19.1 Å². The normalized spacial score (nSPS) is 18.0. The van der Waals surface area contributed by atoms with Gasteiger partial charge in [-0.2, -0.15) is 0 Å². The van der Waals surface area contributed by atoms with Gasteiger partial charge in [0.15, 0.2) is 5.78 Å². The zero-order valence-electron chi connectivity index (χ0n) is 13.1. The maximum absolute atomic E-state index is 12.4. The van der Waals surface area contributed by atoms with Crippen LogP contribution in [0.15, 0.2) is 22.8 Å². The Hall–Kier alpha value is -1.96. The van der Waals surface area contributed by atoms with E-state index in [1.165, 1.54) is 0 Å². The van der Waals surface area contributed by atoms with Gasteiger partial charge in [0.05, 0.1) is 6.54 Å². The quantitative estimate of drug-likeness (QED) is 0.791. The molecular formula is C15H18BrN3O4. The number of hydrogen-bond donors (Lipinski definition) is 1. The molecule has 1 aromatic rings. The van der Waals surface area contributed by atoms with E-state index in [0.29, 0.717) is 10.4 Å². The number of nitrogens with one attached hydrogen (secondary N) is 1. The number of Topliss-reactive ketones (excluding diaryl/α,β-unsaturated/α-hetero) is 1. The van der Waals surface area contributed by atoms with Gasteiger partial charge >= 0.3 is 6.09 Å². The Balaban J connectivity index is 2.10. The van der Waals surface area contributed by atoms with Crippen LogP contribution in [0.4, 0.5) is 10.6 Å². The number of carbonyl (C=O) groups excluding carboxylic acids is 3. The van der Waals surface area contributed by atoms with Gasteiger partial charge in [-0.1, -0.05) is 6.07 Å². The molecule has 2 amide bonds. The number of ketones is 1. The highest BCUT2D eigenvalue weighted by atomic mass is 79.9. The fourth-order valence-electron chi connectivity index (χ4n) is 2.12. The summed E-state index contributed by atoms with van der Waals surface area (Å²) in [6.45, 7) is 5.05. The SMILES string of the molecule is CC(C)(C)OC(=O)N1CC(=O)C[C@H]1C(=O)Nc1cccc(Br)n1. The number of anilines is 1. The number of aromatic nitrogens is 1. The lowest BCUT2D eigenvalue weighted by atomic mass is 10.2. The van der Waals surface area contributed by atoms with Crippen molar-refractivity contribution in [3.63, 3.8) is 0 Å². The van der Waals surface area contributed by atoms with Gasteiger partial charge in [-0.15, -0.1) is 0 Å². The third-order valence-electron chi connectivity index (χ3n) is 3.04. The van der Waals surface area contributed by atoms with Gasteiger partial charge in [-0.05, 0) is 48.8 Å². The molecule has 0 aromatic carbocycles. The first-order valence-electron chi connectivity index (χ1n) is 7.10. The molecule has 1 aliphatic heterocycles. The first-order valence-corrected chi connectivity index (χ1v) is 7.90. The minimum atomic E-state index is -0.891. The molecule has 7 nitrogen and oxygen atoms in total. The molecule has 0 saturated carbocycles. The molecule has 1 aliphatic rings. The van der Waals surface area contributed by atoms with E-state index in [-0.39, 0.29) is 18.7 Å². The lowest BCUT2D eigenvalue weighted by molar-refractivity contribution is -0.121. The predicted octanol–water partition coefficient (Wildman–Crippen LogP) is 2.36. The van der Waals surface area contributed by atoms with E-state index in [0.717, 1.165) is 4.90 Å². The number of likely N-dealkylation sites (tertiary alicyclic amines) is 1. The molecule has 1 saturated heterocycles. The van der Waals surface area contributed by atoms with Gasteiger partial charge in [-0.25, -0.2) is 9.78 Å². The Morgan fingerprint density at radius 3 is 2.70 bits per heavy atom. The van der Waals surface area contributed by atoms with Crippen molar-refractivity contribution in [2.24, 2.45) is 0 Å². The zero-order valence-corrected chi connectivity index (χ0v) is 14.7. The molecule has 0 radical (unpaired) electrons. The molecule has 23 heavy (non-hydrogen) atoms. The Bertz CT molecular complexity index is 642. The van der Waals surface area contributed by atoms with E-state index in [2.05, 4.69) is 26.2 Å². The largest absolute Gasteiger partial charge is 0.444 e. The van der Waals surface area contributed by atoms with E-state index in [1.807, 2.05) is 0 Å². The molecule has 124 valence electrons. The summed E-state index contributed by atoms with van der Waals surface area (Å²) in [5.41, 5.74) is -0.699. The standard InChI is InChI=1S/C15H18BrN3O4/c1-15(2,3)23-14(22)19-8-9(20)7-10(19)13(21)18-12-6-4-5-11(16)17-12/h4-6,10H,7-8H2,1-3H3,(H,17,18,21)/t10-/m0/s1. The number of rotatable bonds is 2. The summed E-state index contributed by atoms with van der Waals surface area (Å²) in [7, 11) is 0. The van der Waals surface area contributed by atoms with Crippen molar-refractivity contribution in [2.45, 2.75) is 38.8 Å². The maximum Gasteiger partial charge on any atom is 0.411 e. The van der Waals surface area contributed by atoms with Crippen LogP contribution in [0.3, 0.4) is 0 Å². The molecule has 1 atom stereocenters. The lowest BCUT2D eigenvalue weighted by Crippen LogP contribution is -2.45. The number of nitrogens with zero attached hydrogens (tertiary/aromatic N) is 2. The van der Waals surface area contributed by atoms with Gasteiger partial charge in [-0.3, -0.25) is 14.5 Å². The fraction of sp³-hybridized carbons (Fsp3) is 0.467. The number of ether oxygens (including phenoxy) is 1. The van der Waals surface area contributed by atoms with Crippen molar-refractivity contribution >= 4 is 39.5 Å². The highest BCUT2D eigenvalue weighted by Crippen LogP contribution is 2.20. The van der Waals surface area contributed by atoms with Crippen LogP contribution in [-0.2, 0) is 14.3 Å². The molecule has 1 N–H and O–H groups in total. The minimum Gasteiger partial charge on any atom is -0.444 e. The predicted molar refractivity (Wildman–Crippen MR) is 86.9 cm³/mol. The summed E-state index contributed by atoms with van der Waals surface area (Å²) in [6, 6.07) is 4.18. The van der Waals surface area contributed by atoms with Crippen LogP contribution in [-0.4, -0.2) is 45.9 Å². The molecule has 2 heterocycles. The van der Waals surface area contributed by atoms with Gasteiger partial charge in [0.2, 0.25) is 5.91 Å². The summed E-state index contributed by atoms with van der Waals surface area (Å²) in [4.78, 5) is 41.5. The Morgan fingerprint density at radius 2 is 2.09 bits per heavy atom. The van der Waals surface area contributed by atoms with Gasteiger partial charge in [0, 0.05) is 6.42 Å². The van der Waals surface area contributed by atoms with Crippen LogP contribution in [0.25, 0.3) is 0 Å². The number of halogens is 1. The second kappa shape index (κ2) is 6.66. The number of pyridine rings is 1. The third-order valence-corrected chi connectivity index (χ3v) is 3.48. The smallest absolute Gasteiger partial charge is 0.411 e. The van der Waals surface area contributed by atoms with Crippen LogP contribution < -0.4 is 5.32 Å². The summed E-state index contributed by atoms with van der Waals surface area (Å²) in [5, 5.41) is 2.61. The Labute approximate surface area is 142 Å². The zero-order chi connectivity index (χ0) is 17.2. The van der Waals surface area contributed by atoms with Gasteiger partial charge in [0.1, 0.15) is 22.1 Å². The number of carbonyl (C=O) groups is 3. The number of amides is 2. The van der Waals surface area contributed by atoms with E-state index in [9.17, 15) is 14.4 Å². The molecule has 0 aliphatic carbocycles. The molecule has 8 heteroatoms. The summed E-state index contributed by atoms with van der Waals surface area (Å²) >= 11 is 3.21. The monoisotopic (exact) mass is 383 g/mol. The van der Waals surface area contributed by atoms with Crippen molar-refractivity contribution in [3.8, 4) is 0 Å². The van der Waals surface area contributed by atoms with Gasteiger partial charge in [0.25, 0.3) is 0 Å². The minimum absolute atomic E-state index is 0.0287. The Kier molecular flexibility index (Phi) is 5.03. The highest BCUT2D eigenvalue weighted by molar-refractivity contribution is 9.10. The average Bonchev–Trinajstić information content (AvgIpc) is 2.79. The molecular weight excluding hydrogens is 366 g/mol. The van der Waals surface area contributed by atoms with Crippen molar-refractivity contribution in [1.29, 1.82) is 0 Å². The molecule has 0 bridgehead atoms. The van der Waals surface area contributed by atoms with Crippen LogP contribution in [0.2, 0.25) is 0 Å². The van der Waals surface area contributed by atoms with E-state index < -0.39 is 23.6 Å². The topological polar surface area (TPSA) is 88.6 Å². The van der Waals surface area contributed by atoms with Crippen LogP contribution in [0.1, 0.15) is 27.2 Å². The molecule has 2 rings (SSSR count). The molecule has 0 unspecified atom stereocenters. The van der Waals surface area contributed by atoms with Gasteiger partial charge < -0.3 is 10.1 Å². The summed E-state index contributed by atoms with van der Waals surface area (Å²) < 4.78 is 5.82. The van der Waals surface area contributed by atoms with Crippen LogP contribution in [0.5, 0.6) is 0 Å². The Morgan fingerprint density at radius 1 is 1.39 bits per heavy atom. The first-order chi connectivity index (χ1) is 10.7. The fourth-order valence-corrected chi connectivity index (χ4v) is 2.47. The first kappa shape index (κ1) is 17.4. The third kappa shape index (κ3) is 4.75. The van der Waals surface area contributed by atoms with Crippen molar-refractivity contribution in [1.82, 2.24) is 9.88 Å². The summed E-state index contributed by atoms with van der Waals surface area (Å²) in [5.74, 6) is -0.307. The lowest BCUT2D eigenvalue weighted by Gasteiger charge is -2.27. The van der Waals surface area contributed by atoms with E-state index in [1.54, 1.807) is 39.0 Å².